The molecule has 1 unspecified atom stereocenters. The molecule has 6 nitrogen and oxygen atoms in total. The standard InChI is InChI=1S/C20H25N3O3S3/c1-14-13-15(2)23-19(22-14)28-12-11-27-16-3-5-17(6-4-16)29(25)20(18(21)24)7-9-26-10-8-20/h3-6,13H,7-12H2,1-2H3,(H2,21,24). The summed E-state index contributed by atoms with van der Waals surface area (Å²) >= 11 is 3.37. The average Bonchev–Trinajstić information content (AvgIpc) is 2.71. The first-order valence-corrected chi connectivity index (χ1v) is 12.5. The van der Waals surface area contributed by atoms with Gasteiger partial charge in [-0.25, -0.2) is 9.97 Å². The summed E-state index contributed by atoms with van der Waals surface area (Å²) in [5.74, 6) is 1.29. The predicted molar refractivity (Wildman–Crippen MR) is 118 cm³/mol. The lowest BCUT2D eigenvalue weighted by Gasteiger charge is -2.33. The van der Waals surface area contributed by atoms with Crippen molar-refractivity contribution in [3.05, 3.63) is 41.7 Å². The number of nitrogens with zero attached hydrogens (tertiary/aromatic N) is 2. The molecule has 0 spiro atoms. The highest BCUT2D eigenvalue weighted by atomic mass is 32.2. The minimum absolute atomic E-state index is 0.392. The smallest absolute Gasteiger partial charge is 0.236 e. The van der Waals surface area contributed by atoms with E-state index in [2.05, 4.69) is 9.97 Å². The fourth-order valence-electron chi connectivity index (χ4n) is 3.16. The normalized spacial score (nSPS) is 17.0. The monoisotopic (exact) mass is 451 g/mol. The van der Waals surface area contributed by atoms with Crippen molar-refractivity contribution in [1.82, 2.24) is 9.97 Å². The van der Waals surface area contributed by atoms with Crippen LogP contribution in [0.3, 0.4) is 0 Å². The molecule has 1 aliphatic heterocycles. The third-order valence-corrected chi connectivity index (χ3v) is 8.83. The van der Waals surface area contributed by atoms with Crippen LogP contribution in [-0.2, 0) is 20.3 Å². The fraction of sp³-hybridized carbons (Fsp3) is 0.450. The predicted octanol–water partition coefficient (Wildman–Crippen LogP) is 3.12. The van der Waals surface area contributed by atoms with E-state index in [-0.39, 0.29) is 0 Å². The molecule has 29 heavy (non-hydrogen) atoms. The zero-order valence-corrected chi connectivity index (χ0v) is 19.0. The molecule has 1 atom stereocenters. The van der Waals surface area contributed by atoms with Crippen molar-refractivity contribution in [3.63, 3.8) is 0 Å². The lowest BCUT2D eigenvalue weighted by Crippen LogP contribution is -2.51. The Morgan fingerprint density at radius 2 is 1.69 bits per heavy atom. The number of carbonyl (C=O) groups excluding carboxylic acids is 1. The van der Waals surface area contributed by atoms with E-state index in [1.54, 1.807) is 23.5 Å². The number of carbonyl (C=O) groups is 1. The summed E-state index contributed by atoms with van der Waals surface area (Å²) in [7, 11) is -1.49. The lowest BCUT2D eigenvalue weighted by molar-refractivity contribution is -0.122. The molecule has 3 rings (SSSR count). The zero-order chi connectivity index (χ0) is 20.9. The van der Waals surface area contributed by atoms with Gasteiger partial charge in [-0.3, -0.25) is 9.00 Å². The highest BCUT2D eigenvalue weighted by Crippen LogP contribution is 2.32. The topological polar surface area (TPSA) is 95.2 Å². The van der Waals surface area contributed by atoms with Crippen molar-refractivity contribution in [2.45, 2.75) is 46.4 Å². The summed E-state index contributed by atoms with van der Waals surface area (Å²) < 4.78 is 17.4. The summed E-state index contributed by atoms with van der Waals surface area (Å²) in [4.78, 5) is 22.6. The Kier molecular flexibility index (Phi) is 7.72. The van der Waals surface area contributed by atoms with Crippen molar-refractivity contribution in [2.75, 3.05) is 24.7 Å². The number of hydrogen-bond donors (Lipinski definition) is 1. The summed E-state index contributed by atoms with van der Waals surface area (Å²) in [6.45, 7) is 4.76. The zero-order valence-electron chi connectivity index (χ0n) is 16.6. The van der Waals surface area contributed by atoms with Gasteiger partial charge in [0.25, 0.3) is 0 Å². The number of primary amides is 1. The van der Waals surface area contributed by atoms with Crippen LogP contribution in [0.5, 0.6) is 0 Å². The van der Waals surface area contributed by atoms with E-state index in [1.807, 2.05) is 44.2 Å². The third-order valence-electron chi connectivity index (χ3n) is 4.69. The summed E-state index contributed by atoms with van der Waals surface area (Å²) in [6, 6.07) is 9.53. The van der Waals surface area contributed by atoms with Gasteiger partial charge in [-0.1, -0.05) is 11.8 Å². The van der Waals surface area contributed by atoms with Crippen molar-refractivity contribution in [2.24, 2.45) is 5.73 Å². The first kappa shape index (κ1) is 22.3. The number of rotatable bonds is 8. The van der Waals surface area contributed by atoms with Crippen LogP contribution in [0.2, 0.25) is 0 Å². The van der Waals surface area contributed by atoms with Crippen molar-refractivity contribution in [1.29, 1.82) is 0 Å². The largest absolute Gasteiger partial charge is 0.381 e. The van der Waals surface area contributed by atoms with Crippen LogP contribution in [-0.4, -0.2) is 49.6 Å². The molecule has 1 amide bonds. The van der Waals surface area contributed by atoms with Crippen molar-refractivity contribution >= 4 is 40.2 Å². The number of benzene rings is 1. The Bertz CT molecular complexity index is 864. The maximum atomic E-state index is 13.1. The number of nitrogens with two attached hydrogens (primary N) is 1. The van der Waals surface area contributed by atoms with Crippen LogP contribution < -0.4 is 5.73 Å². The van der Waals surface area contributed by atoms with Gasteiger partial charge in [0.2, 0.25) is 5.91 Å². The van der Waals surface area contributed by atoms with Gasteiger partial charge in [-0.15, -0.1) is 11.8 Å². The number of amides is 1. The minimum Gasteiger partial charge on any atom is -0.381 e. The molecule has 1 fully saturated rings. The van der Waals surface area contributed by atoms with Gasteiger partial charge in [-0.05, 0) is 57.0 Å². The quantitative estimate of drug-likeness (QED) is 0.374. The minimum atomic E-state index is -1.49. The Labute approximate surface area is 182 Å². The molecule has 0 radical (unpaired) electrons. The molecule has 0 saturated carbocycles. The molecule has 2 heterocycles. The summed E-state index contributed by atoms with van der Waals surface area (Å²) in [6.07, 6.45) is 0.784. The van der Waals surface area contributed by atoms with E-state index < -0.39 is 21.5 Å². The van der Waals surface area contributed by atoms with Gasteiger partial charge in [0.05, 0.1) is 10.8 Å². The Morgan fingerprint density at radius 1 is 1.10 bits per heavy atom. The van der Waals surface area contributed by atoms with Gasteiger partial charge in [0.15, 0.2) is 5.16 Å². The van der Waals surface area contributed by atoms with Crippen LogP contribution in [0.25, 0.3) is 0 Å². The second kappa shape index (κ2) is 10.1. The number of thioether (sulfide) groups is 2. The van der Waals surface area contributed by atoms with Gasteiger partial charge in [0.1, 0.15) is 4.75 Å². The van der Waals surface area contributed by atoms with E-state index in [9.17, 15) is 9.00 Å². The SMILES string of the molecule is Cc1cc(C)nc(SCCSc2ccc(S(=O)C3(C(N)=O)CCOCC3)cc2)n1. The third kappa shape index (κ3) is 5.59. The first-order valence-electron chi connectivity index (χ1n) is 9.38. The van der Waals surface area contributed by atoms with E-state index in [0.717, 1.165) is 32.9 Å². The molecule has 9 heteroatoms. The second-order valence-electron chi connectivity index (χ2n) is 6.84. The average molecular weight is 452 g/mol. The number of ether oxygens (including phenoxy) is 1. The Balaban J connectivity index is 1.55. The molecule has 0 aliphatic carbocycles. The van der Waals surface area contributed by atoms with Crippen LogP contribution in [0.4, 0.5) is 0 Å². The van der Waals surface area contributed by atoms with Crippen LogP contribution >= 0.6 is 23.5 Å². The fourth-order valence-corrected chi connectivity index (χ4v) is 6.55. The summed E-state index contributed by atoms with van der Waals surface area (Å²) in [5, 5.41) is 0.807. The van der Waals surface area contributed by atoms with Crippen molar-refractivity contribution in [3.8, 4) is 0 Å². The van der Waals surface area contributed by atoms with Crippen LogP contribution in [0.1, 0.15) is 24.2 Å². The van der Waals surface area contributed by atoms with E-state index in [4.69, 9.17) is 10.5 Å². The molecule has 1 aromatic heterocycles. The van der Waals surface area contributed by atoms with Gasteiger partial charge in [0, 0.05) is 45.9 Å². The summed E-state index contributed by atoms with van der Waals surface area (Å²) in [5.41, 5.74) is 7.58. The van der Waals surface area contributed by atoms with E-state index >= 15 is 0 Å². The Hall–Kier alpha value is -1.42. The lowest BCUT2D eigenvalue weighted by atomic mass is 9.98. The first-order chi connectivity index (χ1) is 13.9. The maximum Gasteiger partial charge on any atom is 0.236 e. The molecule has 1 saturated heterocycles. The van der Waals surface area contributed by atoms with Gasteiger partial charge in [-0.2, -0.15) is 0 Å². The number of aromatic nitrogens is 2. The molecular formula is C20H25N3O3S3. The van der Waals surface area contributed by atoms with E-state index in [0.29, 0.717) is 31.0 Å². The van der Waals surface area contributed by atoms with Gasteiger partial charge >= 0.3 is 0 Å². The van der Waals surface area contributed by atoms with Crippen LogP contribution in [0.15, 0.2) is 45.3 Å². The molecule has 1 aliphatic rings. The Morgan fingerprint density at radius 3 is 2.28 bits per heavy atom. The molecule has 2 aromatic rings. The molecule has 0 bridgehead atoms. The highest BCUT2D eigenvalue weighted by molar-refractivity contribution is 8.02. The molecule has 156 valence electrons. The molecule has 1 aromatic carbocycles. The van der Waals surface area contributed by atoms with Crippen molar-refractivity contribution < 1.29 is 13.7 Å². The maximum absolute atomic E-state index is 13.1. The molecular weight excluding hydrogens is 426 g/mol. The van der Waals surface area contributed by atoms with Gasteiger partial charge < -0.3 is 10.5 Å². The number of hydrogen-bond acceptors (Lipinski definition) is 7. The van der Waals surface area contributed by atoms with E-state index in [1.165, 1.54) is 0 Å². The van der Waals surface area contributed by atoms with Crippen LogP contribution in [0, 0.1) is 13.8 Å². The number of aryl methyl sites for hydroxylation is 2. The second-order valence-corrected chi connectivity index (χ2v) is 10.9. The molecule has 2 N–H and O–H groups in total. The highest BCUT2D eigenvalue weighted by Gasteiger charge is 2.45.